The van der Waals surface area contributed by atoms with Crippen molar-refractivity contribution < 1.29 is 33.3 Å². The molecule has 2 heterocycles. The third kappa shape index (κ3) is 6.51. The van der Waals surface area contributed by atoms with Gasteiger partial charge in [0.1, 0.15) is 5.75 Å². The summed E-state index contributed by atoms with van der Waals surface area (Å²) in [6, 6.07) is 11.7. The molecule has 0 spiro atoms. The molecule has 1 aliphatic heterocycles. The summed E-state index contributed by atoms with van der Waals surface area (Å²) < 4.78 is 28.9. The Hall–Kier alpha value is -4.38. The average molecular weight is 581 g/mol. The minimum atomic E-state index is -0.832. The van der Waals surface area contributed by atoms with Gasteiger partial charge in [-0.2, -0.15) is 0 Å². The number of fused-ring (bicyclic) bond motifs is 1. The standard InChI is InChI=1S/C30H32N2O8S/c1-6-37-21-12-9-19(10-13-21)15-24-28(34)32-27(26(29(35)39-8-3)18(4)31-30(32)41-24)20-11-14-22(23(16-20)38-7-2)40-17-25(33)36-5/h9-16,27H,6-8,17H2,1-5H3/b24-15-/t27-/m0/s1. The van der Waals surface area contributed by atoms with E-state index in [-0.39, 0.29) is 24.3 Å². The molecule has 10 nitrogen and oxygen atoms in total. The van der Waals surface area contributed by atoms with Crippen LogP contribution in [0.25, 0.3) is 6.08 Å². The first-order valence-electron chi connectivity index (χ1n) is 13.2. The fraction of sp³-hybridized carbons (Fsp3) is 0.333. The first kappa shape index (κ1) is 29.6. The molecule has 1 atom stereocenters. The highest BCUT2D eigenvalue weighted by Crippen LogP contribution is 2.36. The summed E-state index contributed by atoms with van der Waals surface area (Å²) in [5.41, 5.74) is 1.81. The fourth-order valence-electron chi connectivity index (χ4n) is 4.36. The number of benzene rings is 2. The van der Waals surface area contributed by atoms with Crippen molar-refractivity contribution in [1.82, 2.24) is 4.57 Å². The molecule has 0 bridgehead atoms. The largest absolute Gasteiger partial charge is 0.494 e. The molecule has 1 aliphatic rings. The molecule has 0 radical (unpaired) electrons. The van der Waals surface area contributed by atoms with E-state index in [1.54, 1.807) is 38.1 Å². The Labute approximate surface area is 241 Å². The van der Waals surface area contributed by atoms with Crippen molar-refractivity contribution in [3.63, 3.8) is 0 Å². The SMILES string of the molecule is CCOC(=O)C1=C(C)N=c2s/c(=C\c3ccc(OCC)cc3)c(=O)n2[C@H]1c1ccc(OCC(=O)OC)c(OCC)c1. The van der Waals surface area contributed by atoms with Gasteiger partial charge in [-0.05, 0) is 69.2 Å². The summed E-state index contributed by atoms with van der Waals surface area (Å²) in [6.07, 6.45) is 1.79. The van der Waals surface area contributed by atoms with Gasteiger partial charge in [-0.1, -0.05) is 29.5 Å². The Bertz CT molecular complexity index is 1640. The lowest BCUT2D eigenvalue weighted by Gasteiger charge is -2.25. The van der Waals surface area contributed by atoms with Crippen molar-refractivity contribution in [2.24, 2.45) is 4.99 Å². The molecule has 0 fully saturated rings. The maximum atomic E-state index is 13.9. The second-order valence-corrected chi connectivity index (χ2v) is 9.82. The normalized spacial score (nSPS) is 14.7. The van der Waals surface area contributed by atoms with Crippen LogP contribution in [0.15, 0.2) is 63.5 Å². The Morgan fingerprint density at radius 1 is 0.976 bits per heavy atom. The number of esters is 2. The summed E-state index contributed by atoms with van der Waals surface area (Å²) >= 11 is 1.24. The summed E-state index contributed by atoms with van der Waals surface area (Å²) in [5, 5.41) is 0. The number of hydrogen-bond donors (Lipinski definition) is 0. The number of methoxy groups -OCH3 is 1. The number of hydrogen-bond acceptors (Lipinski definition) is 10. The molecule has 41 heavy (non-hydrogen) atoms. The van der Waals surface area contributed by atoms with Crippen LogP contribution in [-0.4, -0.2) is 50.0 Å². The number of ether oxygens (including phenoxy) is 5. The lowest BCUT2D eigenvalue weighted by Crippen LogP contribution is -2.40. The van der Waals surface area contributed by atoms with Gasteiger partial charge in [0.05, 0.1) is 48.8 Å². The highest BCUT2D eigenvalue weighted by atomic mass is 32.1. The van der Waals surface area contributed by atoms with Gasteiger partial charge < -0.3 is 23.7 Å². The van der Waals surface area contributed by atoms with Crippen LogP contribution in [0.1, 0.15) is 44.9 Å². The van der Waals surface area contributed by atoms with Crippen LogP contribution in [0.5, 0.6) is 17.2 Å². The van der Waals surface area contributed by atoms with Gasteiger partial charge in [0.25, 0.3) is 5.56 Å². The molecule has 3 aromatic rings. The summed E-state index contributed by atoms with van der Waals surface area (Å²) in [4.78, 5) is 43.8. The van der Waals surface area contributed by atoms with Crippen LogP contribution in [0.4, 0.5) is 0 Å². The molecule has 0 saturated carbocycles. The average Bonchev–Trinajstić information content (AvgIpc) is 3.26. The van der Waals surface area contributed by atoms with Gasteiger partial charge in [0.15, 0.2) is 22.9 Å². The molecule has 0 aliphatic carbocycles. The van der Waals surface area contributed by atoms with E-state index in [0.717, 1.165) is 11.3 Å². The van der Waals surface area contributed by atoms with E-state index in [9.17, 15) is 14.4 Å². The first-order valence-corrected chi connectivity index (χ1v) is 14.0. The molecule has 1 aromatic heterocycles. The van der Waals surface area contributed by atoms with E-state index in [0.29, 0.717) is 45.3 Å². The summed E-state index contributed by atoms with van der Waals surface area (Å²) in [7, 11) is 1.27. The zero-order valence-electron chi connectivity index (χ0n) is 23.6. The number of carbonyl (C=O) groups excluding carboxylic acids is 2. The maximum Gasteiger partial charge on any atom is 0.343 e. The second kappa shape index (κ2) is 13.3. The molecule has 0 saturated heterocycles. The predicted molar refractivity (Wildman–Crippen MR) is 153 cm³/mol. The third-order valence-corrected chi connectivity index (χ3v) is 7.15. The Kier molecular flexibility index (Phi) is 9.61. The maximum absolute atomic E-state index is 13.9. The highest BCUT2D eigenvalue weighted by Gasteiger charge is 2.34. The van der Waals surface area contributed by atoms with Crippen LogP contribution in [0, 0.1) is 0 Å². The fourth-order valence-corrected chi connectivity index (χ4v) is 5.41. The number of thiazole rings is 1. The molecule has 11 heteroatoms. The van der Waals surface area contributed by atoms with Crippen LogP contribution < -0.4 is 29.1 Å². The lowest BCUT2D eigenvalue weighted by atomic mass is 9.95. The zero-order chi connectivity index (χ0) is 29.5. The number of aromatic nitrogens is 1. The second-order valence-electron chi connectivity index (χ2n) is 8.81. The predicted octanol–water partition coefficient (Wildman–Crippen LogP) is 3.15. The van der Waals surface area contributed by atoms with E-state index in [2.05, 4.69) is 9.73 Å². The zero-order valence-corrected chi connectivity index (χ0v) is 24.4. The van der Waals surface area contributed by atoms with E-state index in [1.165, 1.54) is 23.0 Å². The molecule has 2 aromatic carbocycles. The van der Waals surface area contributed by atoms with Crippen molar-refractivity contribution in [1.29, 1.82) is 0 Å². The van der Waals surface area contributed by atoms with Crippen molar-refractivity contribution >= 4 is 29.4 Å². The van der Waals surface area contributed by atoms with Gasteiger partial charge >= 0.3 is 11.9 Å². The molecular formula is C30H32N2O8S. The van der Waals surface area contributed by atoms with Crippen LogP contribution in [-0.2, 0) is 19.1 Å². The lowest BCUT2D eigenvalue weighted by molar-refractivity contribution is -0.143. The molecule has 0 amide bonds. The van der Waals surface area contributed by atoms with Crippen LogP contribution in [0.2, 0.25) is 0 Å². The summed E-state index contributed by atoms with van der Waals surface area (Å²) in [6.45, 7) is 7.91. The molecule has 0 unspecified atom stereocenters. The van der Waals surface area contributed by atoms with Crippen molar-refractivity contribution in [3.8, 4) is 17.2 Å². The van der Waals surface area contributed by atoms with Gasteiger partial charge in [-0.25, -0.2) is 14.6 Å². The van der Waals surface area contributed by atoms with E-state index in [4.69, 9.17) is 18.9 Å². The molecule has 0 N–H and O–H groups in total. The van der Waals surface area contributed by atoms with E-state index in [1.807, 2.05) is 38.1 Å². The summed E-state index contributed by atoms with van der Waals surface area (Å²) in [5.74, 6) is 0.304. The third-order valence-electron chi connectivity index (χ3n) is 6.16. The van der Waals surface area contributed by atoms with Gasteiger partial charge in [0, 0.05) is 0 Å². The van der Waals surface area contributed by atoms with Gasteiger partial charge in [-0.3, -0.25) is 9.36 Å². The topological polar surface area (TPSA) is 115 Å². The number of rotatable bonds is 11. The minimum Gasteiger partial charge on any atom is -0.494 e. The monoisotopic (exact) mass is 580 g/mol. The van der Waals surface area contributed by atoms with E-state index >= 15 is 0 Å². The number of carbonyl (C=O) groups is 2. The van der Waals surface area contributed by atoms with Gasteiger partial charge in [-0.15, -0.1) is 0 Å². The van der Waals surface area contributed by atoms with Crippen molar-refractivity contribution in [3.05, 3.63) is 84.5 Å². The van der Waals surface area contributed by atoms with Gasteiger partial charge in [0.2, 0.25) is 0 Å². The quantitative estimate of drug-likeness (QED) is 0.318. The van der Waals surface area contributed by atoms with Crippen LogP contribution >= 0.6 is 11.3 Å². The Morgan fingerprint density at radius 2 is 1.71 bits per heavy atom. The van der Waals surface area contributed by atoms with Crippen molar-refractivity contribution in [2.75, 3.05) is 33.5 Å². The highest BCUT2D eigenvalue weighted by molar-refractivity contribution is 7.07. The number of nitrogens with zero attached hydrogens (tertiary/aromatic N) is 2. The molecule has 4 rings (SSSR count). The minimum absolute atomic E-state index is 0.162. The first-order chi connectivity index (χ1) is 19.8. The number of allylic oxidation sites excluding steroid dienone is 1. The smallest absolute Gasteiger partial charge is 0.343 e. The molecule has 216 valence electrons. The van der Waals surface area contributed by atoms with E-state index < -0.39 is 18.0 Å². The van der Waals surface area contributed by atoms with Crippen LogP contribution in [0.3, 0.4) is 0 Å². The Balaban J connectivity index is 1.86. The molecular weight excluding hydrogens is 548 g/mol. The Morgan fingerprint density at radius 3 is 2.37 bits per heavy atom. The van der Waals surface area contributed by atoms with Crippen molar-refractivity contribution in [2.45, 2.75) is 33.7 Å².